The van der Waals surface area contributed by atoms with Gasteiger partial charge in [0.05, 0.1) is 22.8 Å². The lowest BCUT2D eigenvalue weighted by Gasteiger charge is -2.05. The number of aryl methyl sites for hydroxylation is 2. The molecule has 1 aromatic carbocycles. The summed E-state index contributed by atoms with van der Waals surface area (Å²) in [5.41, 5.74) is 4.59. The number of rotatable bonds is 1. The van der Waals surface area contributed by atoms with Crippen LogP contribution >= 0.6 is 0 Å². The van der Waals surface area contributed by atoms with Crippen molar-refractivity contribution >= 4 is 16.7 Å². The van der Waals surface area contributed by atoms with Gasteiger partial charge in [0.25, 0.3) is 5.56 Å². The Bertz CT molecular complexity index is 1130. The second-order valence-electron chi connectivity index (χ2n) is 5.42. The summed E-state index contributed by atoms with van der Waals surface area (Å²) in [6.07, 6.45) is 0. The van der Waals surface area contributed by atoms with Crippen molar-refractivity contribution in [3.8, 4) is 17.3 Å². The van der Waals surface area contributed by atoms with Crippen molar-refractivity contribution in [3.63, 3.8) is 0 Å². The van der Waals surface area contributed by atoms with Gasteiger partial charge in [-0.1, -0.05) is 12.1 Å². The molecular formula is C16H13N5O2. The van der Waals surface area contributed by atoms with Crippen LogP contribution in [0.25, 0.3) is 28.1 Å². The summed E-state index contributed by atoms with van der Waals surface area (Å²) >= 11 is 0. The number of aromatic nitrogens is 5. The second-order valence-corrected chi connectivity index (χ2v) is 5.42. The molecule has 0 amide bonds. The Morgan fingerprint density at radius 3 is 2.83 bits per heavy atom. The van der Waals surface area contributed by atoms with Gasteiger partial charge in [0.2, 0.25) is 5.88 Å². The fourth-order valence-corrected chi connectivity index (χ4v) is 2.64. The molecular weight excluding hydrogens is 294 g/mol. The molecule has 4 rings (SSSR count). The Morgan fingerprint density at radius 2 is 2.00 bits per heavy atom. The Hall–Kier alpha value is -3.22. The minimum atomic E-state index is -0.390. The molecule has 0 aliphatic carbocycles. The average molecular weight is 307 g/mol. The number of hydrogen-bond donors (Lipinski definition) is 2. The summed E-state index contributed by atoms with van der Waals surface area (Å²) in [7, 11) is 0. The normalized spacial score (nSPS) is 11.4. The van der Waals surface area contributed by atoms with E-state index in [4.69, 9.17) is 0 Å². The number of H-pyrrole nitrogens is 1. The number of hydrogen-bond acceptors (Lipinski definition) is 5. The molecule has 0 saturated carbocycles. The van der Waals surface area contributed by atoms with Crippen LogP contribution < -0.4 is 5.56 Å². The van der Waals surface area contributed by atoms with Gasteiger partial charge in [-0.2, -0.15) is 9.61 Å². The van der Waals surface area contributed by atoms with Crippen molar-refractivity contribution in [2.75, 3.05) is 0 Å². The number of aromatic hydroxyl groups is 1. The summed E-state index contributed by atoms with van der Waals surface area (Å²) in [5, 5.41) is 14.1. The zero-order chi connectivity index (χ0) is 16.1. The fourth-order valence-electron chi connectivity index (χ4n) is 2.64. The van der Waals surface area contributed by atoms with E-state index in [-0.39, 0.29) is 5.88 Å². The van der Waals surface area contributed by atoms with Crippen molar-refractivity contribution in [1.82, 2.24) is 24.6 Å². The molecule has 23 heavy (non-hydrogen) atoms. The Balaban J connectivity index is 2.00. The summed E-state index contributed by atoms with van der Waals surface area (Å²) in [6, 6.07) is 8.56. The molecule has 0 spiro atoms. The van der Waals surface area contributed by atoms with Crippen molar-refractivity contribution in [1.29, 1.82) is 0 Å². The fraction of sp³-hybridized carbons (Fsp3) is 0.125. The zero-order valence-corrected chi connectivity index (χ0v) is 12.5. The van der Waals surface area contributed by atoms with Gasteiger partial charge in [-0.3, -0.25) is 4.79 Å². The molecule has 0 saturated heterocycles. The summed E-state index contributed by atoms with van der Waals surface area (Å²) in [5.74, 6) is -0.225. The number of para-hydroxylation sites is 1. The molecule has 0 aliphatic heterocycles. The molecule has 0 atom stereocenters. The highest BCUT2D eigenvalue weighted by molar-refractivity contribution is 5.81. The first-order valence-electron chi connectivity index (χ1n) is 7.09. The maximum absolute atomic E-state index is 11.4. The lowest BCUT2D eigenvalue weighted by Crippen LogP contribution is -2.06. The standard InChI is InChI=1S/C16H13N5O2/c1-8-4-3-5-10-15(8)17-9(2)16(18-10)11-6-12-19-13(22)7-14(23)21(12)20-11/h3-7,23H,1-2H3,(H,19,22). The molecule has 3 aromatic heterocycles. The smallest absolute Gasteiger partial charge is 0.254 e. The second kappa shape index (κ2) is 4.64. The predicted molar refractivity (Wildman–Crippen MR) is 85.5 cm³/mol. The maximum atomic E-state index is 11.4. The van der Waals surface area contributed by atoms with Crippen LogP contribution in [0.2, 0.25) is 0 Å². The molecule has 7 nitrogen and oxygen atoms in total. The van der Waals surface area contributed by atoms with Crippen molar-refractivity contribution in [2.24, 2.45) is 0 Å². The minimum absolute atomic E-state index is 0.225. The summed E-state index contributed by atoms with van der Waals surface area (Å²) in [6.45, 7) is 3.85. The van der Waals surface area contributed by atoms with E-state index in [2.05, 4.69) is 20.1 Å². The molecule has 3 heterocycles. The largest absolute Gasteiger partial charge is 0.493 e. The van der Waals surface area contributed by atoms with Crippen LogP contribution in [-0.2, 0) is 0 Å². The van der Waals surface area contributed by atoms with Gasteiger partial charge < -0.3 is 10.1 Å². The third kappa shape index (κ3) is 2.05. The molecule has 2 N–H and O–H groups in total. The van der Waals surface area contributed by atoms with E-state index in [1.165, 1.54) is 4.52 Å². The third-order valence-corrected chi connectivity index (χ3v) is 3.75. The maximum Gasteiger partial charge on any atom is 0.254 e. The number of nitrogens with one attached hydrogen (secondary N) is 1. The predicted octanol–water partition coefficient (Wildman–Crippen LogP) is 1.96. The monoisotopic (exact) mass is 307 g/mol. The third-order valence-electron chi connectivity index (χ3n) is 3.75. The van der Waals surface area contributed by atoms with E-state index in [0.29, 0.717) is 17.0 Å². The van der Waals surface area contributed by atoms with Crippen LogP contribution in [-0.4, -0.2) is 29.7 Å². The lowest BCUT2D eigenvalue weighted by atomic mass is 10.1. The number of fused-ring (bicyclic) bond motifs is 2. The zero-order valence-electron chi connectivity index (χ0n) is 12.5. The lowest BCUT2D eigenvalue weighted by molar-refractivity contribution is 0.434. The highest BCUT2D eigenvalue weighted by Gasteiger charge is 2.14. The van der Waals surface area contributed by atoms with E-state index < -0.39 is 5.56 Å². The highest BCUT2D eigenvalue weighted by atomic mass is 16.3. The first-order chi connectivity index (χ1) is 11.0. The average Bonchev–Trinajstić information content (AvgIpc) is 2.91. The van der Waals surface area contributed by atoms with Crippen LogP contribution in [0.4, 0.5) is 0 Å². The van der Waals surface area contributed by atoms with Crippen LogP contribution in [0.15, 0.2) is 35.1 Å². The van der Waals surface area contributed by atoms with Gasteiger partial charge in [-0.15, -0.1) is 0 Å². The number of aromatic amines is 1. The van der Waals surface area contributed by atoms with E-state index in [1.807, 2.05) is 32.0 Å². The van der Waals surface area contributed by atoms with Crippen molar-refractivity contribution < 1.29 is 5.11 Å². The van der Waals surface area contributed by atoms with Gasteiger partial charge in [0.15, 0.2) is 0 Å². The van der Waals surface area contributed by atoms with E-state index in [9.17, 15) is 9.90 Å². The van der Waals surface area contributed by atoms with E-state index in [0.717, 1.165) is 28.4 Å². The molecule has 4 aromatic rings. The van der Waals surface area contributed by atoms with Gasteiger partial charge >= 0.3 is 0 Å². The number of benzene rings is 1. The molecule has 0 radical (unpaired) electrons. The van der Waals surface area contributed by atoms with Gasteiger partial charge in [0.1, 0.15) is 17.0 Å². The highest BCUT2D eigenvalue weighted by Crippen LogP contribution is 2.24. The van der Waals surface area contributed by atoms with Crippen LogP contribution in [0, 0.1) is 13.8 Å². The van der Waals surface area contributed by atoms with Crippen LogP contribution in [0.3, 0.4) is 0 Å². The topological polar surface area (TPSA) is 96.2 Å². The Morgan fingerprint density at radius 1 is 1.17 bits per heavy atom. The van der Waals surface area contributed by atoms with E-state index >= 15 is 0 Å². The van der Waals surface area contributed by atoms with E-state index in [1.54, 1.807) is 6.07 Å². The molecule has 7 heteroatoms. The summed E-state index contributed by atoms with van der Waals surface area (Å²) < 4.78 is 1.26. The van der Waals surface area contributed by atoms with Crippen molar-refractivity contribution in [2.45, 2.75) is 13.8 Å². The Kier molecular flexibility index (Phi) is 2.71. The van der Waals surface area contributed by atoms with Crippen LogP contribution in [0.1, 0.15) is 11.3 Å². The molecule has 114 valence electrons. The molecule has 0 unspecified atom stereocenters. The Labute approximate surface area is 130 Å². The van der Waals surface area contributed by atoms with Crippen molar-refractivity contribution in [3.05, 3.63) is 51.9 Å². The summed E-state index contributed by atoms with van der Waals surface area (Å²) in [4.78, 5) is 23.3. The first-order valence-corrected chi connectivity index (χ1v) is 7.09. The van der Waals surface area contributed by atoms with Gasteiger partial charge in [0, 0.05) is 6.07 Å². The quantitative estimate of drug-likeness (QED) is 0.560. The first kappa shape index (κ1) is 13.4. The molecule has 0 bridgehead atoms. The van der Waals surface area contributed by atoms with Gasteiger partial charge in [-0.25, -0.2) is 9.97 Å². The SMILES string of the molecule is Cc1nc2c(C)cccc2nc1-c1cc2[nH]c(=O)cc(O)n2n1. The molecule has 0 fully saturated rings. The molecule has 0 aliphatic rings. The van der Waals surface area contributed by atoms with Crippen LogP contribution in [0.5, 0.6) is 5.88 Å². The number of nitrogens with zero attached hydrogens (tertiary/aromatic N) is 4. The van der Waals surface area contributed by atoms with Gasteiger partial charge in [-0.05, 0) is 25.5 Å². The minimum Gasteiger partial charge on any atom is -0.493 e.